The van der Waals surface area contributed by atoms with Crippen LogP contribution in [0.5, 0.6) is 0 Å². The van der Waals surface area contributed by atoms with Crippen molar-refractivity contribution in [3.8, 4) is 0 Å². The van der Waals surface area contributed by atoms with Gasteiger partial charge < -0.3 is 4.90 Å². The lowest BCUT2D eigenvalue weighted by molar-refractivity contribution is 0.0627. The number of thiazole rings is 1. The van der Waals surface area contributed by atoms with Crippen LogP contribution in [0.4, 0.5) is 0 Å². The molecule has 2 aromatic rings. The molecule has 1 aromatic heterocycles. The summed E-state index contributed by atoms with van der Waals surface area (Å²) in [6.07, 6.45) is 1.48. The highest BCUT2D eigenvalue weighted by Crippen LogP contribution is 2.15. The van der Waals surface area contributed by atoms with E-state index >= 15 is 0 Å². The quantitative estimate of drug-likeness (QED) is 0.692. The molecule has 150 valence electrons. The number of nitrogens with zero attached hydrogens (tertiary/aromatic N) is 3. The molecule has 1 aliphatic heterocycles. The molecule has 1 saturated heterocycles. The maximum atomic E-state index is 12.7. The molecule has 0 aliphatic carbocycles. The fourth-order valence-electron chi connectivity index (χ4n) is 3.03. The minimum atomic E-state index is -3.58. The lowest BCUT2D eigenvalue weighted by Gasteiger charge is -2.34. The topological polar surface area (TPSA) is 82.6 Å². The van der Waals surface area contributed by atoms with E-state index in [0.717, 1.165) is 30.3 Å². The summed E-state index contributed by atoms with van der Waals surface area (Å²) in [5.41, 5.74) is 1.57. The van der Waals surface area contributed by atoms with E-state index in [0.29, 0.717) is 18.7 Å². The molecule has 28 heavy (non-hydrogen) atoms. The third kappa shape index (κ3) is 5.05. The first-order valence-electron chi connectivity index (χ1n) is 9.02. The number of hydrogen-bond donors (Lipinski definition) is 1. The van der Waals surface area contributed by atoms with E-state index in [-0.39, 0.29) is 17.3 Å². The maximum absolute atomic E-state index is 12.7. The highest BCUT2D eigenvalue weighted by molar-refractivity contribution is 7.89. The average Bonchev–Trinajstić information content (AvgIpc) is 3.11. The zero-order valence-corrected chi connectivity index (χ0v) is 17.4. The van der Waals surface area contributed by atoms with Gasteiger partial charge in [0, 0.05) is 50.2 Å². The molecule has 1 aliphatic rings. The lowest BCUT2D eigenvalue weighted by Crippen LogP contribution is -2.48. The average molecular weight is 421 g/mol. The molecule has 1 amide bonds. The van der Waals surface area contributed by atoms with Crippen LogP contribution in [0.2, 0.25) is 0 Å². The zero-order valence-electron chi connectivity index (χ0n) is 15.8. The summed E-state index contributed by atoms with van der Waals surface area (Å²) in [6, 6.07) is 6.05. The number of amides is 1. The van der Waals surface area contributed by atoms with Gasteiger partial charge in [0.15, 0.2) is 0 Å². The van der Waals surface area contributed by atoms with Crippen molar-refractivity contribution in [3.05, 3.63) is 58.6 Å². The Bertz CT molecular complexity index is 930. The van der Waals surface area contributed by atoms with Gasteiger partial charge in [-0.1, -0.05) is 6.08 Å². The van der Waals surface area contributed by atoms with E-state index in [1.807, 2.05) is 11.8 Å². The van der Waals surface area contributed by atoms with Crippen LogP contribution in [-0.4, -0.2) is 61.8 Å². The van der Waals surface area contributed by atoms with Crippen molar-refractivity contribution in [2.24, 2.45) is 0 Å². The molecular formula is C19H24N4O3S2. The highest BCUT2D eigenvalue weighted by Gasteiger charge is 2.23. The van der Waals surface area contributed by atoms with Crippen LogP contribution in [0, 0.1) is 6.92 Å². The fourth-order valence-corrected chi connectivity index (χ4v) is 4.63. The van der Waals surface area contributed by atoms with Gasteiger partial charge in [0.1, 0.15) is 0 Å². The van der Waals surface area contributed by atoms with Crippen LogP contribution in [-0.2, 0) is 16.6 Å². The van der Waals surface area contributed by atoms with Gasteiger partial charge >= 0.3 is 0 Å². The Morgan fingerprint density at radius 3 is 2.50 bits per heavy atom. The van der Waals surface area contributed by atoms with Crippen molar-refractivity contribution in [2.45, 2.75) is 18.4 Å². The number of rotatable bonds is 7. The van der Waals surface area contributed by atoms with Crippen LogP contribution in [0.25, 0.3) is 0 Å². The highest BCUT2D eigenvalue weighted by atomic mass is 32.2. The Morgan fingerprint density at radius 2 is 1.93 bits per heavy atom. The summed E-state index contributed by atoms with van der Waals surface area (Å²) in [6.45, 7) is 9.32. The first-order chi connectivity index (χ1) is 13.4. The van der Waals surface area contributed by atoms with E-state index in [1.165, 1.54) is 18.2 Å². The van der Waals surface area contributed by atoms with E-state index in [9.17, 15) is 13.2 Å². The second-order valence-corrected chi connectivity index (χ2v) is 9.42. The normalized spacial score (nSPS) is 15.5. The Morgan fingerprint density at radius 1 is 1.25 bits per heavy atom. The number of nitrogens with one attached hydrogen (secondary N) is 1. The number of carbonyl (C=O) groups is 1. The van der Waals surface area contributed by atoms with Crippen LogP contribution in [0.1, 0.15) is 21.1 Å². The standard InChI is InChI=1S/C19H24N4O3S2/c1-3-8-20-28(25,26)18-6-4-16(5-7-18)19(24)23-11-9-22(10-12-23)13-17-14-27-15(2)21-17/h3-7,14,20H,1,8-13H2,2H3. The molecule has 0 spiro atoms. The molecular weight excluding hydrogens is 396 g/mol. The van der Waals surface area contributed by atoms with Gasteiger partial charge in [0.25, 0.3) is 5.91 Å². The number of hydrogen-bond acceptors (Lipinski definition) is 6. The molecule has 0 radical (unpaired) electrons. The Balaban J connectivity index is 1.57. The summed E-state index contributed by atoms with van der Waals surface area (Å²) >= 11 is 1.65. The molecule has 0 atom stereocenters. The second-order valence-electron chi connectivity index (χ2n) is 6.59. The van der Waals surface area contributed by atoms with Crippen molar-refractivity contribution in [1.82, 2.24) is 19.5 Å². The Hall–Kier alpha value is -2.07. The molecule has 7 nitrogen and oxygen atoms in total. The predicted molar refractivity (Wildman–Crippen MR) is 110 cm³/mol. The van der Waals surface area contributed by atoms with Gasteiger partial charge in [-0.25, -0.2) is 18.1 Å². The first kappa shape index (κ1) is 20.7. The maximum Gasteiger partial charge on any atom is 0.253 e. The predicted octanol–water partition coefficient (Wildman–Crippen LogP) is 1.87. The molecule has 1 aromatic carbocycles. The minimum absolute atomic E-state index is 0.0767. The summed E-state index contributed by atoms with van der Waals surface area (Å²) < 4.78 is 26.6. The molecule has 1 fully saturated rings. The van der Waals surface area contributed by atoms with Gasteiger partial charge in [0.05, 0.1) is 15.6 Å². The molecule has 0 saturated carbocycles. The van der Waals surface area contributed by atoms with Crippen molar-refractivity contribution in [1.29, 1.82) is 0 Å². The third-order valence-corrected chi connectivity index (χ3v) is 6.80. The van der Waals surface area contributed by atoms with Gasteiger partial charge in [-0.15, -0.1) is 17.9 Å². The van der Waals surface area contributed by atoms with E-state index in [4.69, 9.17) is 0 Å². The fraction of sp³-hybridized carbons (Fsp3) is 0.368. The van der Waals surface area contributed by atoms with E-state index in [1.54, 1.807) is 23.5 Å². The molecule has 0 bridgehead atoms. The van der Waals surface area contributed by atoms with Crippen LogP contribution in [0.15, 0.2) is 47.2 Å². The summed E-state index contributed by atoms with van der Waals surface area (Å²) in [7, 11) is -3.58. The number of aromatic nitrogens is 1. The number of piperazine rings is 1. The minimum Gasteiger partial charge on any atom is -0.336 e. The van der Waals surface area contributed by atoms with Gasteiger partial charge in [0.2, 0.25) is 10.0 Å². The molecule has 1 N–H and O–H groups in total. The number of sulfonamides is 1. The summed E-state index contributed by atoms with van der Waals surface area (Å²) in [5, 5.41) is 3.14. The Labute approximate surface area is 169 Å². The van der Waals surface area contributed by atoms with Crippen LogP contribution in [0.3, 0.4) is 0 Å². The second kappa shape index (κ2) is 8.95. The van der Waals surface area contributed by atoms with Crippen molar-refractivity contribution in [3.63, 3.8) is 0 Å². The van der Waals surface area contributed by atoms with Crippen LogP contribution >= 0.6 is 11.3 Å². The van der Waals surface area contributed by atoms with Crippen molar-refractivity contribution in [2.75, 3.05) is 32.7 Å². The molecule has 2 heterocycles. The van der Waals surface area contributed by atoms with E-state index < -0.39 is 10.0 Å². The SMILES string of the molecule is C=CCNS(=O)(=O)c1ccc(C(=O)N2CCN(Cc3csc(C)n3)CC2)cc1. The lowest BCUT2D eigenvalue weighted by atomic mass is 10.2. The van der Waals surface area contributed by atoms with Crippen LogP contribution < -0.4 is 4.72 Å². The smallest absolute Gasteiger partial charge is 0.253 e. The number of aryl methyl sites for hydroxylation is 1. The Kier molecular flexibility index (Phi) is 6.61. The van der Waals surface area contributed by atoms with E-state index in [2.05, 4.69) is 26.6 Å². The van der Waals surface area contributed by atoms with Crippen molar-refractivity contribution >= 4 is 27.3 Å². The monoisotopic (exact) mass is 420 g/mol. The zero-order chi connectivity index (χ0) is 20.1. The molecule has 0 unspecified atom stereocenters. The largest absolute Gasteiger partial charge is 0.336 e. The van der Waals surface area contributed by atoms with Gasteiger partial charge in [-0.05, 0) is 31.2 Å². The first-order valence-corrected chi connectivity index (χ1v) is 11.4. The third-order valence-electron chi connectivity index (χ3n) is 4.54. The van der Waals surface area contributed by atoms with Gasteiger partial charge in [-0.2, -0.15) is 0 Å². The molecule has 9 heteroatoms. The number of carbonyl (C=O) groups excluding carboxylic acids is 1. The molecule has 3 rings (SSSR count). The van der Waals surface area contributed by atoms with Gasteiger partial charge in [-0.3, -0.25) is 9.69 Å². The van der Waals surface area contributed by atoms with Crippen molar-refractivity contribution < 1.29 is 13.2 Å². The summed E-state index contributed by atoms with van der Waals surface area (Å²) in [4.78, 5) is 21.4. The number of benzene rings is 1. The summed E-state index contributed by atoms with van der Waals surface area (Å²) in [5.74, 6) is -0.0767.